The second-order valence-electron chi connectivity index (χ2n) is 4.60. The van der Waals surface area contributed by atoms with Crippen LogP contribution in [0.2, 0.25) is 5.02 Å². The second-order valence-corrected chi connectivity index (χ2v) is 5.04. The lowest BCUT2D eigenvalue weighted by atomic mass is 10.1. The molecule has 1 aliphatic rings. The second kappa shape index (κ2) is 4.71. The molecule has 94 valence electrons. The van der Waals surface area contributed by atoms with E-state index in [1.54, 1.807) is 29.1 Å². The van der Waals surface area contributed by atoms with Gasteiger partial charge in [0.05, 0.1) is 17.2 Å². The van der Waals surface area contributed by atoms with Gasteiger partial charge in [0.2, 0.25) is 0 Å². The van der Waals surface area contributed by atoms with Crippen molar-refractivity contribution in [2.75, 3.05) is 13.1 Å². The van der Waals surface area contributed by atoms with E-state index in [9.17, 15) is 4.79 Å². The first-order valence-electron chi connectivity index (χ1n) is 6.13. The molecule has 1 aliphatic heterocycles. The fourth-order valence-electron chi connectivity index (χ4n) is 2.45. The van der Waals surface area contributed by atoms with E-state index in [0.29, 0.717) is 15.9 Å². The third-order valence-corrected chi connectivity index (χ3v) is 3.68. The van der Waals surface area contributed by atoms with Crippen molar-refractivity contribution in [3.05, 3.63) is 39.9 Å². The largest absolute Gasteiger partial charge is 0.317 e. The number of benzene rings is 1. The van der Waals surface area contributed by atoms with E-state index in [2.05, 4.69) is 10.3 Å². The van der Waals surface area contributed by atoms with Crippen LogP contribution >= 0.6 is 11.6 Å². The summed E-state index contributed by atoms with van der Waals surface area (Å²) < 4.78 is 1.76. The fourth-order valence-corrected chi connectivity index (χ4v) is 2.62. The van der Waals surface area contributed by atoms with E-state index in [1.165, 1.54) is 0 Å². The maximum absolute atomic E-state index is 12.4. The van der Waals surface area contributed by atoms with Crippen molar-refractivity contribution in [2.45, 2.75) is 18.9 Å². The standard InChI is InChI=1S/C13H14ClN3O/c14-9-1-2-11-12(7-9)16-8-17(13(11)18)10-3-5-15-6-4-10/h1-2,7-8,10,15H,3-6H2. The number of aromatic nitrogens is 2. The molecule has 0 spiro atoms. The first-order chi connectivity index (χ1) is 8.75. The number of nitrogens with one attached hydrogen (secondary N) is 1. The van der Waals surface area contributed by atoms with E-state index in [1.807, 2.05) is 0 Å². The zero-order chi connectivity index (χ0) is 12.5. The van der Waals surface area contributed by atoms with E-state index in [0.717, 1.165) is 25.9 Å². The molecule has 0 radical (unpaired) electrons. The maximum atomic E-state index is 12.4. The minimum absolute atomic E-state index is 0.0311. The Hall–Kier alpha value is -1.39. The minimum atomic E-state index is 0.0311. The predicted octanol–water partition coefficient (Wildman–Crippen LogP) is 1.97. The van der Waals surface area contributed by atoms with Gasteiger partial charge >= 0.3 is 0 Å². The number of piperidine rings is 1. The van der Waals surface area contributed by atoms with Gasteiger partial charge in [0, 0.05) is 11.1 Å². The van der Waals surface area contributed by atoms with E-state index < -0.39 is 0 Å². The smallest absolute Gasteiger partial charge is 0.261 e. The molecule has 1 aromatic heterocycles. The molecule has 3 rings (SSSR count). The molecule has 5 heteroatoms. The van der Waals surface area contributed by atoms with Crippen LogP contribution in [0, 0.1) is 0 Å². The summed E-state index contributed by atoms with van der Waals surface area (Å²) in [5, 5.41) is 4.54. The highest BCUT2D eigenvalue weighted by molar-refractivity contribution is 6.31. The summed E-state index contributed by atoms with van der Waals surface area (Å²) in [4.78, 5) is 16.7. The topological polar surface area (TPSA) is 46.9 Å². The molecule has 2 heterocycles. The van der Waals surface area contributed by atoms with Gasteiger partial charge < -0.3 is 5.32 Å². The van der Waals surface area contributed by atoms with Crippen LogP contribution in [0.1, 0.15) is 18.9 Å². The molecule has 18 heavy (non-hydrogen) atoms. The molecular weight excluding hydrogens is 250 g/mol. The lowest BCUT2D eigenvalue weighted by Gasteiger charge is -2.24. The zero-order valence-electron chi connectivity index (χ0n) is 9.90. The normalized spacial score (nSPS) is 17.2. The third-order valence-electron chi connectivity index (χ3n) is 3.45. The van der Waals surface area contributed by atoms with Crippen LogP contribution in [0.25, 0.3) is 10.9 Å². The number of hydrogen-bond donors (Lipinski definition) is 1. The molecule has 1 fully saturated rings. The van der Waals surface area contributed by atoms with Crippen molar-refractivity contribution in [3.63, 3.8) is 0 Å². The van der Waals surface area contributed by atoms with Crippen molar-refractivity contribution in [1.29, 1.82) is 0 Å². The molecule has 0 bridgehead atoms. The molecule has 1 aromatic carbocycles. The number of hydrogen-bond acceptors (Lipinski definition) is 3. The molecule has 1 N–H and O–H groups in total. The Kier molecular flexibility index (Phi) is 3.06. The highest BCUT2D eigenvalue weighted by Gasteiger charge is 2.17. The Labute approximate surface area is 110 Å². The first kappa shape index (κ1) is 11.7. The van der Waals surface area contributed by atoms with Gasteiger partial charge in [-0.3, -0.25) is 9.36 Å². The van der Waals surface area contributed by atoms with Crippen molar-refractivity contribution < 1.29 is 0 Å². The Balaban J connectivity index is 2.11. The summed E-state index contributed by atoms with van der Waals surface area (Å²) in [5.74, 6) is 0. The van der Waals surface area contributed by atoms with Crippen LogP contribution in [-0.2, 0) is 0 Å². The average Bonchev–Trinajstić information content (AvgIpc) is 2.40. The summed E-state index contributed by atoms with van der Waals surface area (Å²) in [6.07, 6.45) is 3.60. The minimum Gasteiger partial charge on any atom is -0.317 e. The Morgan fingerprint density at radius 3 is 2.89 bits per heavy atom. The molecule has 4 nitrogen and oxygen atoms in total. The highest BCUT2D eigenvalue weighted by atomic mass is 35.5. The SMILES string of the molecule is O=c1c2ccc(Cl)cc2ncn1C1CCNCC1. The van der Waals surface area contributed by atoms with Gasteiger partial charge in [-0.25, -0.2) is 4.98 Å². The van der Waals surface area contributed by atoms with Gasteiger partial charge in [0.15, 0.2) is 0 Å². The molecule has 0 saturated carbocycles. The van der Waals surface area contributed by atoms with Crippen molar-refractivity contribution >= 4 is 22.5 Å². The highest BCUT2D eigenvalue weighted by Crippen LogP contribution is 2.18. The summed E-state index contributed by atoms with van der Waals surface area (Å²) in [6, 6.07) is 5.47. The number of rotatable bonds is 1. The molecule has 0 unspecified atom stereocenters. The molecule has 0 aliphatic carbocycles. The summed E-state index contributed by atoms with van der Waals surface area (Å²) >= 11 is 5.90. The quantitative estimate of drug-likeness (QED) is 0.856. The number of fused-ring (bicyclic) bond motifs is 1. The third kappa shape index (κ3) is 2.02. The molecule has 0 amide bonds. The van der Waals surface area contributed by atoms with Crippen molar-refractivity contribution in [2.24, 2.45) is 0 Å². The van der Waals surface area contributed by atoms with Gasteiger partial charge in [-0.05, 0) is 44.1 Å². The van der Waals surface area contributed by atoms with E-state index >= 15 is 0 Å². The Morgan fingerprint density at radius 2 is 2.11 bits per heavy atom. The van der Waals surface area contributed by atoms with Crippen LogP contribution in [0.3, 0.4) is 0 Å². The van der Waals surface area contributed by atoms with Crippen LogP contribution in [-0.4, -0.2) is 22.6 Å². The van der Waals surface area contributed by atoms with E-state index in [-0.39, 0.29) is 11.6 Å². The lowest BCUT2D eigenvalue weighted by Crippen LogP contribution is -2.34. The van der Waals surface area contributed by atoms with Gasteiger partial charge in [-0.1, -0.05) is 11.6 Å². The van der Waals surface area contributed by atoms with Gasteiger partial charge in [-0.2, -0.15) is 0 Å². The summed E-state index contributed by atoms with van der Waals surface area (Å²) in [7, 11) is 0. The summed E-state index contributed by atoms with van der Waals surface area (Å²) in [6.45, 7) is 1.91. The lowest BCUT2D eigenvalue weighted by molar-refractivity contribution is 0.359. The fraction of sp³-hybridized carbons (Fsp3) is 0.385. The number of halogens is 1. The molecule has 2 aromatic rings. The van der Waals surface area contributed by atoms with E-state index in [4.69, 9.17) is 11.6 Å². The predicted molar refractivity (Wildman–Crippen MR) is 72.2 cm³/mol. The zero-order valence-corrected chi connectivity index (χ0v) is 10.7. The van der Waals surface area contributed by atoms with Crippen LogP contribution in [0.5, 0.6) is 0 Å². The van der Waals surface area contributed by atoms with Crippen LogP contribution in [0.4, 0.5) is 0 Å². The van der Waals surface area contributed by atoms with Crippen LogP contribution < -0.4 is 10.9 Å². The average molecular weight is 264 g/mol. The van der Waals surface area contributed by atoms with Gasteiger partial charge in [0.25, 0.3) is 5.56 Å². The molecular formula is C13H14ClN3O. The first-order valence-corrected chi connectivity index (χ1v) is 6.50. The Bertz CT molecular complexity index is 632. The number of nitrogens with zero attached hydrogens (tertiary/aromatic N) is 2. The molecule has 0 atom stereocenters. The summed E-state index contributed by atoms with van der Waals surface area (Å²) in [5.41, 5.74) is 0.696. The van der Waals surface area contributed by atoms with Crippen molar-refractivity contribution in [3.8, 4) is 0 Å². The van der Waals surface area contributed by atoms with Crippen molar-refractivity contribution in [1.82, 2.24) is 14.9 Å². The maximum Gasteiger partial charge on any atom is 0.261 e. The Morgan fingerprint density at radius 1 is 1.33 bits per heavy atom. The van der Waals surface area contributed by atoms with Gasteiger partial charge in [0.1, 0.15) is 0 Å². The van der Waals surface area contributed by atoms with Gasteiger partial charge in [-0.15, -0.1) is 0 Å². The molecule has 1 saturated heterocycles. The monoisotopic (exact) mass is 263 g/mol. The van der Waals surface area contributed by atoms with Crippen LogP contribution in [0.15, 0.2) is 29.3 Å².